The molecule has 4 aromatic heterocycles. The van der Waals surface area contributed by atoms with Crippen LogP contribution in [-0.4, -0.2) is 14.4 Å². The summed E-state index contributed by atoms with van der Waals surface area (Å²) >= 11 is 1.89. The summed E-state index contributed by atoms with van der Waals surface area (Å²) in [6.07, 6.45) is 9.56. The van der Waals surface area contributed by atoms with E-state index in [1.807, 2.05) is 23.5 Å². The molecule has 0 atom stereocenters. The van der Waals surface area contributed by atoms with Gasteiger partial charge in [-0.05, 0) is 70.6 Å². The Kier molecular flexibility index (Phi) is 5.15. The fourth-order valence-corrected chi connectivity index (χ4v) is 9.08. The molecule has 0 spiro atoms. The Bertz CT molecular complexity index is 2820. The minimum Gasteiger partial charge on any atom is -0.291 e. The van der Waals surface area contributed by atoms with Gasteiger partial charge in [0.2, 0.25) is 0 Å². The molecule has 0 bridgehead atoms. The molecule has 10 rings (SSSR count). The molecule has 1 aliphatic carbocycles. The molecule has 0 N–H and O–H groups in total. The van der Waals surface area contributed by atoms with Crippen molar-refractivity contribution in [1.82, 2.24) is 14.4 Å². The number of hydrogen-bond acceptors (Lipinski definition) is 3. The average Bonchev–Trinajstić information content (AvgIpc) is 3.73. The molecule has 0 saturated heterocycles. The van der Waals surface area contributed by atoms with Crippen LogP contribution in [0.2, 0.25) is 0 Å². The number of hydrogen-bond donors (Lipinski definition) is 0. The van der Waals surface area contributed by atoms with Gasteiger partial charge in [0.15, 0.2) is 5.65 Å². The SMILES string of the molecule is C=C1/C=C\C=C/Cc2cccc(-c3ccc4c(c3)c3c5sc6ccccc6c5cc5c6nc7ccccc7nc6n4c53)c2C1(C)C. The zero-order chi connectivity index (χ0) is 30.7. The molecule has 5 aromatic carbocycles. The standard InChI is InChI=1S/C42H29N3S/c1-24-12-5-4-6-13-25-14-11-16-27(37(25)42(24,2)3)26-20-21-34-30(22-26)36-39-31(23-29-28-15-7-10-19-35(28)46-40(29)36)38-41(45(34)39)44-33-18-9-8-17-32(33)43-38/h4-12,14-23H,1,13H2,2-3H3/b6-4-,12-5-. The molecular weight excluding hydrogens is 579 g/mol. The van der Waals surface area contributed by atoms with Gasteiger partial charge in [-0.2, -0.15) is 0 Å². The highest BCUT2D eigenvalue weighted by Crippen LogP contribution is 2.48. The highest BCUT2D eigenvalue weighted by atomic mass is 32.1. The predicted octanol–water partition coefficient (Wildman–Crippen LogP) is 11.3. The number of rotatable bonds is 1. The predicted molar refractivity (Wildman–Crippen MR) is 197 cm³/mol. The van der Waals surface area contributed by atoms with Crippen LogP contribution in [-0.2, 0) is 11.8 Å². The number of benzene rings is 5. The quantitative estimate of drug-likeness (QED) is 0.186. The van der Waals surface area contributed by atoms with Crippen molar-refractivity contribution in [3.8, 4) is 11.1 Å². The van der Waals surface area contributed by atoms with E-state index in [0.29, 0.717) is 0 Å². The Morgan fingerprint density at radius 2 is 1.61 bits per heavy atom. The third-order valence-electron chi connectivity index (χ3n) is 10.2. The molecule has 46 heavy (non-hydrogen) atoms. The maximum atomic E-state index is 5.23. The Labute approximate surface area is 269 Å². The van der Waals surface area contributed by atoms with Crippen LogP contribution in [0.1, 0.15) is 25.0 Å². The maximum absolute atomic E-state index is 5.23. The van der Waals surface area contributed by atoms with Crippen LogP contribution in [0, 0.1) is 0 Å². The molecule has 4 heterocycles. The summed E-state index contributed by atoms with van der Waals surface area (Å²) in [4.78, 5) is 10.4. The first-order valence-corrected chi connectivity index (χ1v) is 16.7. The summed E-state index contributed by atoms with van der Waals surface area (Å²) in [5.74, 6) is 0. The third kappa shape index (κ3) is 3.37. The zero-order valence-electron chi connectivity index (χ0n) is 25.6. The lowest BCUT2D eigenvalue weighted by Crippen LogP contribution is -2.22. The Morgan fingerprint density at radius 1 is 0.783 bits per heavy atom. The van der Waals surface area contributed by atoms with Crippen molar-refractivity contribution in [3.63, 3.8) is 0 Å². The monoisotopic (exact) mass is 607 g/mol. The Morgan fingerprint density at radius 3 is 2.50 bits per heavy atom. The lowest BCUT2D eigenvalue weighted by Gasteiger charge is -2.31. The topological polar surface area (TPSA) is 30.2 Å². The van der Waals surface area contributed by atoms with Crippen molar-refractivity contribution < 1.29 is 0 Å². The van der Waals surface area contributed by atoms with Crippen LogP contribution in [0.4, 0.5) is 0 Å². The Hall–Kier alpha value is -5.32. The third-order valence-corrected chi connectivity index (χ3v) is 11.4. The first-order valence-electron chi connectivity index (χ1n) is 15.8. The van der Waals surface area contributed by atoms with Crippen molar-refractivity contribution in [2.75, 3.05) is 0 Å². The van der Waals surface area contributed by atoms with E-state index in [1.54, 1.807) is 0 Å². The van der Waals surface area contributed by atoms with Crippen LogP contribution in [0.3, 0.4) is 0 Å². The van der Waals surface area contributed by atoms with E-state index >= 15 is 0 Å². The molecular formula is C42H29N3S. The molecule has 0 unspecified atom stereocenters. The van der Waals surface area contributed by atoms with E-state index in [4.69, 9.17) is 9.97 Å². The smallest absolute Gasteiger partial charge is 0.165 e. The fourth-order valence-electron chi connectivity index (χ4n) is 7.84. The number of para-hydroxylation sites is 2. The van der Waals surface area contributed by atoms with E-state index in [0.717, 1.165) is 39.6 Å². The minimum absolute atomic E-state index is 0.232. The maximum Gasteiger partial charge on any atom is 0.165 e. The van der Waals surface area contributed by atoms with Crippen molar-refractivity contribution in [1.29, 1.82) is 0 Å². The summed E-state index contributed by atoms with van der Waals surface area (Å²) in [7, 11) is 0. The molecule has 9 aromatic rings. The molecule has 218 valence electrons. The first kappa shape index (κ1) is 26.0. The van der Waals surface area contributed by atoms with Crippen LogP contribution < -0.4 is 0 Å². The second kappa shape index (κ2) is 9.12. The number of thiophene rings is 1. The molecule has 0 amide bonds. The largest absolute Gasteiger partial charge is 0.291 e. The lowest BCUT2D eigenvalue weighted by molar-refractivity contribution is 0.637. The fraction of sp³-hybridized carbons (Fsp3) is 0.0952. The second-order valence-electron chi connectivity index (χ2n) is 13.1. The highest BCUT2D eigenvalue weighted by Gasteiger charge is 2.30. The summed E-state index contributed by atoms with van der Waals surface area (Å²) in [5, 5.41) is 6.28. The van der Waals surface area contributed by atoms with E-state index in [1.165, 1.54) is 64.2 Å². The van der Waals surface area contributed by atoms with Crippen LogP contribution >= 0.6 is 11.3 Å². The number of nitrogens with zero attached hydrogens (tertiary/aromatic N) is 3. The van der Waals surface area contributed by atoms with Crippen molar-refractivity contribution in [2.45, 2.75) is 25.7 Å². The van der Waals surface area contributed by atoms with Crippen LogP contribution in [0.5, 0.6) is 0 Å². The Balaban J connectivity index is 1.36. The molecule has 0 fully saturated rings. The molecule has 1 aliphatic rings. The molecule has 3 nitrogen and oxygen atoms in total. The summed E-state index contributed by atoms with van der Waals surface area (Å²) in [6, 6.07) is 33.1. The van der Waals surface area contributed by atoms with Gasteiger partial charge in [-0.3, -0.25) is 4.40 Å². The van der Waals surface area contributed by atoms with Gasteiger partial charge in [0, 0.05) is 41.7 Å². The van der Waals surface area contributed by atoms with Crippen molar-refractivity contribution in [2.24, 2.45) is 0 Å². The number of aromatic nitrogens is 3. The summed E-state index contributed by atoms with van der Waals surface area (Å²) in [5.41, 5.74) is 12.2. The highest BCUT2D eigenvalue weighted by molar-refractivity contribution is 7.26. The molecule has 0 radical (unpaired) electrons. The molecule has 0 saturated carbocycles. The van der Waals surface area contributed by atoms with Gasteiger partial charge in [0.1, 0.15) is 5.52 Å². The lowest BCUT2D eigenvalue weighted by atomic mass is 9.72. The van der Waals surface area contributed by atoms with Gasteiger partial charge >= 0.3 is 0 Å². The number of allylic oxidation sites excluding steroid dienone is 5. The van der Waals surface area contributed by atoms with Crippen molar-refractivity contribution >= 4 is 80.9 Å². The number of fused-ring (bicyclic) bond motifs is 12. The van der Waals surface area contributed by atoms with Crippen LogP contribution in [0.25, 0.3) is 80.7 Å². The van der Waals surface area contributed by atoms with E-state index in [2.05, 4.69) is 128 Å². The normalized spacial score (nSPS) is 16.5. The minimum atomic E-state index is -0.232. The second-order valence-corrected chi connectivity index (χ2v) is 14.1. The zero-order valence-corrected chi connectivity index (χ0v) is 26.5. The van der Waals surface area contributed by atoms with Gasteiger partial charge in [-0.25, -0.2) is 9.97 Å². The van der Waals surface area contributed by atoms with Gasteiger partial charge in [0.05, 0.1) is 22.1 Å². The first-order chi connectivity index (χ1) is 22.5. The van der Waals surface area contributed by atoms with Gasteiger partial charge < -0.3 is 0 Å². The average molecular weight is 608 g/mol. The van der Waals surface area contributed by atoms with Crippen LogP contribution in [0.15, 0.2) is 127 Å². The molecule has 0 aliphatic heterocycles. The summed E-state index contributed by atoms with van der Waals surface area (Å²) < 4.78 is 4.99. The van der Waals surface area contributed by atoms with E-state index in [9.17, 15) is 0 Å². The van der Waals surface area contributed by atoms with Gasteiger partial charge in [0.25, 0.3) is 0 Å². The van der Waals surface area contributed by atoms with E-state index < -0.39 is 0 Å². The van der Waals surface area contributed by atoms with E-state index in [-0.39, 0.29) is 5.41 Å². The van der Waals surface area contributed by atoms with Gasteiger partial charge in [-0.15, -0.1) is 11.3 Å². The van der Waals surface area contributed by atoms with Crippen molar-refractivity contribution in [3.05, 3.63) is 139 Å². The summed E-state index contributed by atoms with van der Waals surface area (Å²) in [6.45, 7) is 9.13. The van der Waals surface area contributed by atoms with Gasteiger partial charge in [-0.1, -0.05) is 99.3 Å². The molecule has 4 heteroatoms.